The van der Waals surface area contributed by atoms with Gasteiger partial charge in [-0.3, -0.25) is 9.59 Å². The number of nitrogens with one attached hydrogen (secondary N) is 1. The van der Waals surface area contributed by atoms with Crippen LogP contribution in [0.5, 0.6) is 0 Å². The van der Waals surface area contributed by atoms with E-state index in [2.05, 4.69) is 5.32 Å². The summed E-state index contributed by atoms with van der Waals surface area (Å²) >= 11 is 0. The Balaban J connectivity index is 1.78. The SMILES string of the molecule is Cc1cccc(CC(=O)NCC2CC(=O)N(C)C2)c1. The predicted molar refractivity (Wildman–Crippen MR) is 73.6 cm³/mol. The first-order valence-electron chi connectivity index (χ1n) is 6.61. The molecule has 1 aliphatic heterocycles. The second kappa shape index (κ2) is 5.87. The summed E-state index contributed by atoms with van der Waals surface area (Å²) in [5.41, 5.74) is 2.19. The summed E-state index contributed by atoms with van der Waals surface area (Å²) in [5.74, 6) is 0.435. The van der Waals surface area contributed by atoms with Crippen molar-refractivity contribution in [2.75, 3.05) is 20.1 Å². The Kier molecular flexibility index (Phi) is 4.20. The topological polar surface area (TPSA) is 49.4 Å². The summed E-state index contributed by atoms with van der Waals surface area (Å²) in [6.07, 6.45) is 0.944. The van der Waals surface area contributed by atoms with Crippen LogP contribution in [0.25, 0.3) is 0 Å². The van der Waals surface area contributed by atoms with Crippen LogP contribution in [0.1, 0.15) is 17.5 Å². The second-order valence-corrected chi connectivity index (χ2v) is 5.31. The van der Waals surface area contributed by atoms with Crippen LogP contribution in [0, 0.1) is 12.8 Å². The van der Waals surface area contributed by atoms with Gasteiger partial charge in [-0.15, -0.1) is 0 Å². The van der Waals surface area contributed by atoms with Crippen LogP contribution in [0.15, 0.2) is 24.3 Å². The first kappa shape index (κ1) is 13.6. The predicted octanol–water partition coefficient (Wildman–Crippen LogP) is 1.13. The highest BCUT2D eigenvalue weighted by atomic mass is 16.2. The average Bonchev–Trinajstić information content (AvgIpc) is 2.66. The van der Waals surface area contributed by atoms with Crippen molar-refractivity contribution in [1.82, 2.24) is 10.2 Å². The van der Waals surface area contributed by atoms with Gasteiger partial charge in [0, 0.05) is 32.5 Å². The Morgan fingerprint density at radius 2 is 2.26 bits per heavy atom. The Morgan fingerprint density at radius 1 is 1.47 bits per heavy atom. The van der Waals surface area contributed by atoms with Crippen LogP contribution < -0.4 is 5.32 Å². The number of amides is 2. The fourth-order valence-corrected chi connectivity index (χ4v) is 2.42. The van der Waals surface area contributed by atoms with Gasteiger partial charge in [0.25, 0.3) is 0 Å². The Labute approximate surface area is 113 Å². The van der Waals surface area contributed by atoms with E-state index in [4.69, 9.17) is 0 Å². The van der Waals surface area contributed by atoms with Gasteiger partial charge >= 0.3 is 0 Å². The van der Waals surface area contributed by atoms with Gasteiger partial charge in [0.2, 0.25) is 11.8 Å². The van der Waals surface area contributed by atoms with Gasteiger partial charge in [0.05, 0.1) is 6.42 Å². The fraction of sp³-hybridized carbons (Fsp3) is 0.467. The van der Waals surface area contributed by atoms with E-state index in [1.54, 1.807) is 11.9 Å². The standard InChI is InChI=1S/C15H20N2O2/c1-11-4-3-5-12(6-11)7-14(18)16-9-13-8-15(19)17(2)10-13/h3-6,13H,7-10H2,1-2H3,(H,16,18). The van der Waals surface area contributed by atoms with Crippen molar-refractivity contribution in [3.8, 4) is 0 Å². The maximum absolute atomic E-state index is 11.8. The van der Waals surface area contributed by atoms with Gasteiger partial charge in [0.1, 0.15) is 0 Å². The van der Waals surface area contributed by atoms with Crippen LogP contribution in [0.2, 0.25) is 0 Å². The number of hydrogen-bond acceptors (Lipinski definition) is 2. The Morgan fingerprint density at radius 3 is 2.89 bits per heavy atom. The molecule has 19 heavy (non-hydrogen) atoms. The maximum atomic E-state index is 11.8. The molecule has 1 heterocycles. The van der Waals surface area contributed by atoms with Crippen LogP contribution in [0.3, 0.4) is 0 Å². The molecule has 1 atom stereocenters. The highest BCUT2D eigenvalue weighted by Crippen LogP contribution is 2.14. The van der Waals surface area contributed by atoms with E-state index < -0.39 is 0 Å². The minimum atomic E-state index is 0.0209. The first-order chi connectivity index (χ1) is 9.04. The van der Waals surface area contributed by atoms with Crippen molar-refractivity contribution in [3.05, 3.63) is 35.4 Å². The van der Waals surface area contributed by atoms with Crippen molar-refractivity contribution in [2.45, 2.75) is 19.8 Å². The molecule has 0 saturated carbocycles. The molecule has 1 N–H and O–H groups in total. The number of nitrogens with zero attached hydrogens (tertiary/aromatic N) is 1. The first-order valence-corrected chi connectivity index (χ1v) is 6.61. The molecule has 2 amide bonds. The van der Waals surface area contributed by atoms with E-state index in [1.807, 2.05) is 31.2 Å². The van der Waals surface area contributed by atoms with Crippen molar-refractivity contribution in [3.63, 3.8) is 0 Å². The minimum absolute atomic E-state index is 0.0209. The Bertz CT molecular complexity index is 485. The average molecular weight is 260 g/mol. The van der Waals surface area contributed by atoms with E-state index in [0.29, 0.717) is 19.4 Å². The smallest absolute Gasteiger partial charge is 0.224 e. The summed E-state index contributed by atoms with van der Waals surface area (Å²) in [6.45, 7) is 3.34. The second-order valence-electron chi connectivity index (χ2n) is 5.31. The molecule has 1 aliphatic rings. The summed E-state index contributed by atoms with van der Waals surface area (Å²) in [6, 6.07) is 7.95. The number of aryl methyl sites for hydroxylation is 1. The van der Waals surface area contributed by atoms with Gasteiger partial charge < -0.3 is 10.2 Å². The Hall–Kier alpha value is -1.84. The van der Waals surface area contributed by atoms with Gasteiger partial charge in [-0.2, -0.15) is 0 Å². The van der Waals surface area contributed by atoms with Gasteiger partial charge in [-0.25, -0.2) is 0 Å². The molecule has 1 aromatic carbocycles. The normalized spacial score (nSPS) is 18.7. The summed E-state index contributed by atoms with van der Waals surface area (Å²) < 4.78 is 0. The van der Waals surface area contributed by atoms with Crippen molar-refractivity contribution in [2.24, 2.45) is 5.92 Å². The zero-order valence-electron chi connectivity index (χ0n) is 11.5. The van der Waals surface area contributed by atoms with Crippen molar-refractivity contribution in [1.29, 1.82) is 0 Å². The van der Waals surface area contributed by atoms with E-state index in [9.17, 15) is 9.59 Å². The third-order valence-electron chi connectivity index (χ3n) is 3.46. The molecule has 4 heteroatoms. The monoisotopic (exact) mass is 260 g/mol. The third kappa shape index (κ3) is 3.81. The zero-order chi connectivity index (χ0) is 13.8. The molecule has 1 aromatic rings. The van der Waals surface area contributed by atoms with E-state index in [1.165, 1.54) is 0 Å². The molecule has 0 bridgehead atoms. The molecular weight excluding hydrogens is 240 g/mol. The molecule has 1 unspecified atom stereocenters. The molecule has 0 spiro atoms. The molecule has 2 rings (SSSR count). The summed E-state index contributed by atoms with van der Waals surface area (Å²) in [7, 11) is 1.80. The van der Waals surface area contributed by atoms with Crippen LogP contribution in [-0.4, -0.2) is 36.9 Å². The van der Waals surface area contributed by atoms with E-state index >= 15 is 0 Å². The number of carbonyl (C=O) groups is 2. The highest BCUT2D eigenvalue weighted by Gasteiger charge is 2.26. The van der Waals surface area contributed by atoms with Gasteiger partial charge in [-0.05, 0) is 12.5 Å². The van der Waals surface area contributed by atoms with Gasteiger partial charge in [0.15, 0.2) is 0 Å². The summed E-state index contributed by atoms with van der Waals surface area (Å²) in [4.78, 5) is 24.9. The largest absolute Gasteiger partial charge is 0.355 e. The van der Waals surface area contributed by atoms with Crippen LogP contribution in [0.4, 0.5) is 0 Å². The van der Waals surface area contributed by atoms with Crippen LogP contribution in [-0.2, 0) is 16.0 Å². The molecular formula is C15H20N2O2. The summed E-state index contributed by atoms with van der Waals surface area (Å²) in [5, 5.41) is 2.92. The lowest BCUT2D eigenvalue weighted by atomic mass is 10.1. The number of likely N-dealkylation sites (tertiary alicyclic amines) is 1. The zero-order valence-corrected chi connectivity index (χ0v) is 11.5. The van der Waals surface area contributed by atoms with Crippen molar-refractivity contribution < 1.29 is 9.59 Å². The lowest BCUT2D eigenvalue weighted by molar-refractivity contribution is -0.126. The molecule has 1 fully saturated rings. The number of hydrogen-bond donors (Lipinski definition) is 1. The quantitative estimate of drug-likeness (QED) is 0.882. The lowest BCUT2D eigenvalue weighted by Crippen LogP contribution is -2.31. The highest BCUT2D eigenvalue weighted by molar-refractivity contribution is 5.80. The molecule has 1 saturated heterocycles. The molecule has 102 valence electrons. The minimum Gasteiger partial charge on any atom is -0.355 e. The molecule has 0 aliphatic carbocycles. The van der Waals surface area contributed by atoms with Crippen molar-refractivity contribution >= 4 is 11.8 Å². The number of carbonyl (C=O) groups excluding carboxylic acids is 2. The van der Waals surface area contributed by atoms with Gasteiger partial charge in [-0.1, -0.05) is 29.8 Å². The van der Waals surface area contributed by atoms with Crippen LogP contribution >= 0.6 is 0 Å². The molecule has 0 aromatic heterocycles. The maximum Gasteiger partial charge on any atom is 0.224 e. The third-order valence-corrected chi connectivity index (χ3v) is 3.46. The lowest BCUT2D eigenvalue weighted by Gasteiger charge is -2.11. The fourth-order valence-electron chi connectivity index (χ4n) is 2.42. The van der Waals surface area contributed by atoms with E-state index in [-0.39, 0.29) is 17.7 Å². The number of benzene rings is 1. The molecule has 0 radical (unpaired) electrons. The number of rotatable bonds is 4. The molecule has 4 nitrogen and oxygen atoms in total. The van der Waals surface area contributed by atoms with E-state index in [0.717, 1.165) is 17.7 Å².